The molecule has 1 heterocycles. The molecule has 0 spiro atoms. The van der Waals surface area contributed by atoms with E-state index in [1.165, 1.54) is 17.7 Å². The van der Waals surface area contributed by atoms with Gasteiger partial charge in [0.05, 0.1) is 17.2 Å². The van der Waals surface area contributed by atoms with E-state index in [1.807, 2.05) is 61.5 Å². The number of carbonyl (C=O) groups excluding carboxylic acids is 1. The Morgan fingerprint density at radius 1 is 0.849 bits per heavy atom. The molecule has 6 rings (SSSR count). The van der Waals surface area contributed by atoms with Crippen molar-refractivity contribution >= 4 is 44.8 Å². The molecule has 1 aliphatic heterocycles. The van der Waals surface area contributed by atoms with Crippen molar-refractivity contribution in [3.8, 4) is 16.9 Å². The predicted octanol–water partition coefficient (Wildman–Crippen LogP) is 8.36. The van der Waals surface area contributed by atoms with Gasteiger partial charge in [-0.25, -0.2) is 13.1 Å². The minimum atomic E-state index is -4.26. The van der Waals surface area contributed by atoms with Crippen LogP contribution >= 0.6 is 11.8 Å². The number of thioether (sulfide) groups is 1. The van der Waals surface area contributed by atoms with Gasteiger partial charge in [-0.3, -0.25) is 9.69 Å². The molecule has 12 heteroatoms. The first-order valence-electron chi connectivity index (χ1n) is 17.6. The molecule has 10 nitrogen and oxygen atoms in total. The molecule has 5 aromatic rings. The van der Waals surface area contributed by atoms with Gasteiger partial charge in [-0.05, 0) is 102 Å². The summed E-state index contributed by atoms with van der Waals surface area (Å²) in [6.07, 6.45) is 0. The molecular weight excluding hydrogens is 707 g/mol. The number of benzene rings is 5. The summed E-state index contributed by atoms with van der Waals surface area (Å²) in [5.41, 5.74) is 5.07. The molecule has 0 saturated carbocycles. The van der Waals surface area contributed by atoms with E-state index in [0.29, 0.717) is 18.8 Å². The number of nitroso groups, excluding NO2 is 1. The van der Waals surface area contributed by atoms with Crippen LogP contribution in [0.5, 0.6) is 5.75 Å². The second-order valence-electron chi connectivity index (χ2n) is 12.6. The Balaban J connectivity index is 0.995. The normalized spacial score (nSPS) is 14.0. The Bertz CT molecular complexity index is 2110. The lowest BCUT2D eigenvalue weighted by atomic mass is 10.00. The fourth-order valence-electron chi connectivity index (χ4n) is 6.30. The minimum absolute atomic E-state index is 0.0541. The highest BCUT2D eigenvalue weighted by Gasteiger charge is 2.24. The zero-order valence-electron chi connectivity index (χ0n) is 29.8. The van der Waals surface area contributed by atoms with Crippen LogP contribution in [0.1, 0.15) is 35.8 Å². The van der Waals surface area contributed by atoms with Crippen LogP contribution in [0.4, 0.5) is 17.1 Å². The molecule has 0 radical (unpaired) electrons. The van der Waals surface area contributed by atoms with Gasteiger partial charge in [0.25, 0.3) is 15.9 Å². The SMILES string of the molecule is CCOc1cccc(-c2ccc(C(C)N3CCN(c4ccc(C(=O)NS(=O)(=O)c5ccc(NCCSc6ccccc6)c(N=O)c5)cc4)CC3)cc2)c1. The van der Waals surface area contributed by atoms with E-state index in [1.54, 1.807) is 23.9 Å². The van der Waals surface area contributed by atoms with Crippen molar-refractivity contribution < 1.29 is 17.9 Å². The van der Waals surface area contributed by atoms with E-state index in [4.69, 9.17) is 4.74 Å². The van der Waals surface area contributed by atoms with Crippen molar-refractivity contribution in [3.63, 3.8) is 0 Å². The van der Waals surface area contributed by atoms with E-state index < -0.39 is 15.9 Å². The maximum Gasteiger partial charge on any atom is 0.264 e. The van der Waals surface area contributed by atoms with Gasteiger partial charge in [0.15, 0.2) is 0 Å². The van der Waals surface area contributed by atoms with Crippen molar-refractivity contribution in [2.75, 3.05) is 55.3 Å². The molecule has 1 amide bonds. The summed E-state index contributed by atoms with van der Waals surface area (Å²) in [6.45, 7) is 8.77. The number of rotatable bonds is 15. The second-order valence-corrected chi connectivity index (χ2v) is 15.5. The van der Waals surface area contributed by atoms with Gasteiger partial charge in [0.2, 0.25) is 0 Å². The molecule has 0 aliphatic carbocycles. The summed E-state index contributed by atoms with van der Waals surface area (Å²) < 4.78 is 34.0. The fraction of sp³-hybridized carbons (Fsp3) is 0.244. The van der Waals surface area contributed by atoms with Crippen LogP contribution in [-0.4, -0.2) is 64.3 Å². The standard InChI is InChI=1S/C41H43N5O5S2/c1-3-51-36-9-7-8-34(28-36)32-14-12-31(13-15-32)30(2)45-23-25-46(26-24-45)35-18-16-33(17-19-35)41(47)44-53(49,50)38-20-21-39(40(29-38)43-48)42-22-27-52-37-10-5-4-6-11-37/h4-21,28-30,42H,3,22-27H2,1-2H3,(H,44,47). The van der Waals surface area contributed by atoms with Gasteiger partial charge in [-0.1, -0.05) is 54.6 Å². The van der Waals surface area contributed by atoms with Gasteiger partial charge < -0.3 is 15.0 Å². The number of piperazine rings is 1. The van der Waals surface area contributed by atoms with Crippen LogP contribution < -0.4 is 19.7 Å². The number of anilines is 2. The quantitative estimate of drug-likeness (QED) is 0.0618. The zero-order valence-corrected chi connectivity index (χ0v) is 31.4. The highest BCUT2D eigenvalue weighted by molar-refractivity contribution is 7.99. The van der Waals surface area contributed by atoms with Crippen LogP contribution in [-0.2, 0) is 10.0 Å². The Labute approximate surface area is 315 Å². The summed E-state index contributed by atoms with van der Waals surface area (Å²) in [7, 11) is -4.26. The summed E-state index contributed by atoms with van der Waals surface area (Å²) in [5, 5.41) is 6.15. The molecule has 0 bridgehead atoms. The number of nitrogens with zero attached hydrogens (tertiary/aromatic N) is 3. The molecule has 1 atom stereocenters. The summed E-state index contributed by atoms with van der Waals surface area (Å²) in [6, 6.07) is 38.0. The molecule has 0 aromatic heterocycles. The second kappa shape index (κ2) is 17.6. The Morgan fingerprint density at radius 3 is 2.28 bits per heavy atom. The number of nitrogens with one attached hydrogen (secondary N) is 2. The molecule has 5 aromatic carbocycles. The van der Waals surface area contributed by atoms with Crippen molar-refractivity contribution in [2.24, 2.45) is 5.18 Å². The first kappa shape index (κ1) is 37.6. The van der Waals surface area contributed by atoms with Crippen molar-refractivity contribution in [3.05, 3.63) is 137 Å². The topological polar surface area (TPSA) is 120 Å². The molecule has 1 fully saturated rings. The van der Waals surface area contributed by atoms with E-state index in [2.05, 4.69) is 68.3 Å². The van der Waals surface area contributed by atoms with Crippen LogP contribution in [0.25, 0.3) is 11.1 Å². The van der Waals surface area contributed by atoms with Crippen LogP contribution in [0, 0.1) is 4.91 Å². The molecule has 1 aliphatic rings. The van der Waals surface area contributed by atoms with E-state index in [0.717, 1.165) is 65.5 Å². The molecule has 274 valence electrons. The molecular formula is C41H43N5O5S2. The highest BCUT2D eigenvalue weighted by Crippen LogP contribution is 2.30. The van der Waals surface area contributed by atoms with E-state index >= 15 is 0 Å². The first-order valence-corrected chi connectivity index (χ1v) is 20.1. The predicted molar refractivity (Wildman–Crippen MR) is 214 cm³/mol. The Kier molecular flexibility index (Phi) is 12.5. The van der Waals surface area contributed by atoms with Crippen molar-refractivity contribution in [1.29, 1.82) is 0 Å². The van der Waals surface area contributed by atoms with E-state index in [-0.39, 0.29) is 22.2 Å². The average molecular weight is 750 g/mol. The number of carbonyl (C=O) groups is 1. The van der Waals surface area contributed by atoms with Crippen LogP contribution in [0.15, 0.2) is 136 Å². The minimum Gasteiger partial charge on any atom is -0.494 e. The number of amides is 1. The lowest BCUT2D eigenvalue weighted by molar-refractivity contribution is 0.0981. The summed E-state index contributed by atoms with van der Waals surface area (Å²) in [5.74, 6) is 0.841. The van der Waals surface area contributed by atoms with Gasteiger partial charge in [-0.2, -0.15) is 0 Å². The zero-order chi connectivity index (χ0) is 37.2. The third-order valence-electron chi connectivity index (χ3n) is 9.26. The summed E-state index contributed by atoms with van der Waals surface area (Å²) >= 11 is 1.65. The molecule has 1 unspecified atom stereocenters. The monoisotopic (exact) mass is 749 g/mol. The lowest BCUT2D eigenvalue weighted by Gasteiger charge is -2.39. The largest absolute Gasteiger partial charge is 0.494 e. The van der Waals surface area contributed by atoms with Gasteiger partial charge in [0.1, 0.15) is 11.4 Å². The number of hydrogen-bond donors (Lipinski definition) is 2. The number of sulfonamides is 1. The Morgan fingerprint density at radius 2 is 1.58 bits per heavy atom. The van der Waals surface area contributed by atoms with Gasteiger partial charge in [0, 0.05) is 60.7 Å². The number of ether oxygens (including phenoxy) is 1. The van der Waals surface area contributed by atoms with Crippen molar-refractivity contribution in [1.82, 2.24) is 9.62 Å². The average Bonchev–Trinajstić information content (AvgIpc) is 3.20. The third kappa shape index (κ3) is 9.64. The van der Waals surface area contributed by atoms with Crippen LogP contribution in [0.3, 0.4) is 0 Å². The smallest absolute Gasteiger partial charge is 0.264 e. The molecule has 1 saturated heterocycles. The van der Waals surface area contributed by atoms with Gasteiger partial charge in [-0.15, -0.1) is 16.7 Å². The first-order chi connectivity index (χ1) is 25.7. The maximum absolute atomic E-state index is 13.1. The number of hydrogen-bond acceptors (Lipinski definition) is 10. The molecule has 2 N–H and O–H groups in total. The highest BCUT2D eigenvalue weighted by atomic mass is 32.2. The van der Waals surface area contributed by atoms with Crippen LogP contribution in [0.2, 0.25) is 0 Å². The van der Waals surface area contributed by atoms with Crippen molar-refractivity contribution in [2.45, 2.75) is 29.7 Å². The van der Waals surface area contributed by atoms with E-state index in [9.17, 15) is 18.1 Å². The fourth-order valence-corrected chi connectivity index (χ4v) is 8.09. The maximum atomic E-state index is 13.1. The lowest BCUT2D eigenvalue weighted by Crippen LogP contribution is -2.47. The Hall–Kier alpha value is -5.17. The van der Waals surface area contributed by atoms with Gasteiger partial charge >= 0.3 is 0 Å². The molecule has 53 heavy (non-hydrogen) atoms. The summed E-state index contributed by atoms with van der Waals surface area (Å²) in [4.78, 5) is 30.2. The third-order valence-corrected chi connectivity index (χ3v) is 11.6.